The minimum absolute atomic E-state index is 0.277. The monoisotopic (exact) mass is 225 g/mol. The maximum absolute atomic E-state index is 11.9. The van der Waals surface area contributed by atoms with Gasteiger partial charge in [-0.25, -0.2) is 8.42 Å². The maximum atomic E-state index is 11.9. The maximum Gasteiger partial charge on any atom is 0.181 e. The lowest BCUT2D eigenvalue weighted by Gasteiger charge is -2.03. The van der Waals surface area contributed by atoms with E-state index in [9.17, 15) is 8.42 Å². The molecule has 1 aromatic rings. The van der Waals surface area contributed by atoms with E-state index in [1.165, 1.54) is 0 Å². The Bertz CT molecular complexity index is 479. The van der Waals surface area contributed by atoms with Crippen LogP contribution >= 0.6 is 0 Å². The van der Waals surface area contributed by atoms with Crippen molar-refractivity contribution in [3.05, 3.63) is 29.3 Å². The zero-order valence-corrected chi connectivity index (χ0v) is 9.55. The Kier molecular flexibility index (Phi) is 2.56. The van der Waals surface area contributed by atoms with Crippen molar-refractivity contribution in [2.24, 2.45) is 5.73 Å². The number of hydrogen-bond donors (Lipinski definition) is 1. The molecule has 2 rings (SSSR count). The van der Waals surface area contributed by atoms with Crippen LogP contribution in [-0.2, 0) is 22.7 Å². The van der Waals surface area contributed by atoms with Crippen LogP contribution in [0, 0.1) is 0 Å². The van der Waals surface area contributed by atoms with Crippen LogP contribution in [0.25, 0.3) is 0 Å². The molecule has 2 N–H and O–H groups in total. The second kappa shape index (κ2) is 3.61. The van der Waals surface area contributed by atoms with Gasteiger partial charge in [-0.2, -0.15) is 0 Å². The molecule has 3 nitrogen and oxygen atoms in total. The highest BCUT2D eigenvalue weighted by molar-refractivity contribution is 7.92. The summed E-state index contributed by atoms with van der Waals surface area (Å²) in [6.45, 7) is 2.31. The molecule has 0 saturated heterocycles. The lowest BCUT2D eigenvalue weighted by atomic mass is 10.1. The summed E-state index contributed by atoms with van der Waals surface area (Å²) >= 11 is 0. The molecule has 1 aromatic carbocycles. The number of nitrogens with two attached hydrogens (primary N) is 1. The lowest BCUT2D eigenvalue weighted by Crippen LogP contribution is -2.11. The molecule has 0 aliphatic carbocycles. The van der Waals surface area contributed by atoms with E-state index < -0.39 is 9.84 Å². The van der Waals surface area contributed by atoms with Crippen LogP contribution in [0.3, 0.4) is 0 Å². The smallest absolute Gasteiger partial charge is 0.181 e. The van der Waals surface area contributed by atoms with E-state index in [-0.39, 0.29) is 5.25 Å². The van der Waals surface area contributed by atoms with Gasteiger partial charge in [0.25, 0.3) is 0 Å². The van der Waals surface area contributed by atoms with Crippen molar-refractivity contribution >= 4 is 9.84 Å². The van der Waals surface area contributed by atoms with Gasteiger partial charge in [-0.15, -0.1) is 0 Å². The van der Waals surface area contributed by atoms with Gasteiger partial charge < -0.3 is 5.73 Å². The highest BCUT2D eigenvalue weighted by atomic mass is 32.2. The molecule has 0 spiro atoms. The van der Waals surface area contributed by atoms with Gasteiger partial charge >= 0.3 is 0 Å². The van der Waals surface area contributed by atoms with Gasteiger partial charge in [0.05, 0.1) is 10.1 Å². The molecule has 0 radical (unpaired) electrons. The predicted octanol–water partition coefficient (Wildman–Crippen LogP) is 0.906. The average Bonchev–Trinajstić information content (AvgIpc) is 2.40. The summed E-state index contributed by atoms with van der Waals surface area (Å²) in [6.07, 6.45) is 1.37. The fraction of sp³-hybridized carbons (Fsp3) is 0.455. The van der Waals surface area contributed by atoms with Crippen molar-refractivity contribution in [2.75, 3.05) is 6.54 Å². The standard InChI is InChI=1S/C11H15NO2S/c1-8-6-10-3-2-9(4-5-12)7-11(10)15(8,13)14/h2-3,7-8H,4-6,12H2,1H3. The molecule has 0 saturated carbocycles. The molecule has 4 heteroatoms. The number of hydrogen-bond acceptors (Lipinski definition) is 3. The summed E-state index contributed by atoms with van der Waals surface area (Å²) in [5.74, 6) is 0. The van der Waals surface area contributed by atoms with E-state index in [1.54, 1.807) is 13.0 Å². The molecule has 0 bridgehead atoms. The van der Waals surface area contributed by atoms with E-state index in [0.717, 1.165) is 17.5 Å². The summed E-state index contributed by atoms with van der Waals surface area (Å²) < 4.78 is 23.8. The van der Waals surface area contributed by atoms with E-state index >= 15 is 0 Å². The first-order chi connectivity index (χ1) is 7.05. The Balaban J connectivity index is 2.50. The van der Waals surface area contributed by atoms with Crippen molar-refractivity contribution < 1.29 is 8.42 Å². The van der Waals surface area contributed by atoms with Crippen LogP contribution < -0.4 is 5.73 Å². The first-order valence-corrected chi connectivity index (χ1v) is 6.66. The Morgan fingerprint density at radius 2 is 2.20 bits per heavy atom. The molecule has 0 aromatic heterocycles. The highest BCUT2D eigenvalue weighted by Crippen LogP contribution is 2.31. The van der Waals surface area contributed by atoms with Crippen molar-refractivity contribution in [3.8, 4) is 0 Å². The largest absolute Gasteiger partial charge is 0.330 e. The number of benzene rings is 1. The normalized spacial score (nSPS) is 22.7. The zero-order chi connectivity index (χ0) is 11.1. The van der Waals surface area contributed by atoms with Crippen molar-refractivity contribution in [3.63, 3.8) is 0 Å². The van der Waals surface area contributed by atoms with Gasteiger partial charge in [-0.05, 0) is 43.5 Å². The Labute approximate surface area is 90.2 Å². The van der Waals surface area contributed by atoms with Crippen molar-refractivity contribution in [1.82, 2.24) is 0 Å². The Morgan fingerprint density at radius 3 is 2.87 bits per heavy atom. The van der Waals surface area contributed by atoms with E-state index in [0.29, 0.717) is 17.9 Å². The molecule has 1 aliphatic heterocycles. The average molecular weight is 225 g/mol. The SMILES string of the molecule is CC1Cc2ccc(CCN)cc2S1(=O)=O. The van der Waals surface area contributed by atoms with Gasteiger partial charge in [0, 0.05) is 0 Å². The van der Waals surface area contributed by atoms with E-state index in [4.69, 9.17) is 5.73 Å². The second-order valence-electron chi connectivity index (χ2n) is 4.04. The minimum Gasteiger partial charge on any atom is -0.330 e. The first-order valence-electron chi connectivity index (χ1n) is 5.11. The van der Waals surface area contributed by atoms with Crippen LogP contribution in [-0.4, -0.2) is 20.2 Å². The van der Waals surface area contributed by atoms with Gasteiger partial charge in [-0.3, -0.25) is 0 Å². The summed E-state index contributed by atoms with van der Waals surface area (Å²) in [7, 11) is -3.07. The topological polar surface area (TPSA) is 60.2 Å². The van der Waals surface area contributed by atoms with Crippen LogP contribution in [0.5, 0.6) is 0 Å². The summed E-state index contributed by atoms with van der Waals surface area (Å²) in [6, 6.07) is 5.67. The fourth-order valence-corrected chi connectivity index (χ4v) is 3.66. The third kappa shape index (κ3) is 1.68. The predicted molar refractivity (Wildman–Crippen MR) is 59.6 cm³/mol. The van der Waals surface area contributed by atoms with Crippen molar-refractivity contribution in [1.29, 1.82) is 0 Å². The Hall–Kier alpha value is -0.870. The van der Waals surface area contributed by atoms with Gasteiger partial charge in [0.15, 0.2) is 9.84 Å². The molecule has 1 atom stereocenters. The summed E-state index contributed by atoms with van der Waals surface area (Å²) in [4.78, 5) is 0.515. The Morgan fingerprint density at radius 1 is 1.47 bits per heavy atom. The minimum atomic E-state index is -3.07. The van der Waals surface area contributed by atoms with Crippen LogP contribution in [0.4, 0.5) is 0 Å². The lowest BCUT2D eigenvalue weighted by molar-refractivity contribution is 0.590. The fourth-order valence-electron chi connectivity index (χ4n) is 1.99. The van der Waals surface area contributed by atoms with Crippen molar-refractivity contribution in [2.45, 2.75) is 29.9 Å². The molecule has 1 unspecified atom stereocenters. The molecular formula is C11H15NO2S. The molecular weight excluding hydrogens is 210 g/mol. The van der Waals surface area contributed by atoms with Gasteiger partial charge in [0.1, 0.15) is 0 Å². The molecule has 0 amide bonds. The van der Waals surface area contributed by atoms with E-state index in [2.05, 4.69) is 0 Å². The number of sulfone groups is 1. The second-order valence-corrected chi connectivity index (χ2v) is 6.38. The third-order valence-electron chi connectivity index (χ3n) is 2.91. The van der Waals surface area contributed by atoms with Crippen LogP contribution in [0.2, 0.25) is 0 Å². The van der Waals surface area contributed by atoms with Gasteiger partial charge in [-0.1, -0.05) is 12.1 Å². The number of fused-ring (bicyclic) bond motifs is 1. The third-order valence-corrected chi connectivity index (χ3v) is 5.13. The van der Waals surface area contributed by atoms with Crippen LogP contribution in [0.1, 0.15) is 18.1 Å². The summed E-state index contributed by atoms with van der Waals surface area (Å²) in [5.41, 5.74) is 7.41. The zero-order valence-electron chi connectivity index (χ0n) is 8.73. The van der Waals surface area contributed by atoms with E-state index in [1.807, 2.05) is 12.1 Å². The first kappa shape index (κ1) is 10.6. The molecule has 1 heterocycles. The summed E-state index contributed by atoms with van der Waals surface area (Å²) in [5, 5.41) is -0.277. The molecule has 82 valence electrons. The quantitative estimate of drug-likeness (QED) is 0.813. The van der Waals surface area contributed by atoms with Gasteiger partial charge in [0.2, 0.25) is 0 Å². The molecule has 15 heavy (non-hydrogen) atoms. The highest BCUT2D eigenvalue weighted by Gasteiger charge is 2.33. The number of rotatable bonds is 2. The molecule has 1 aliphatic rings. The molecule has 0 fully saturated rings. The van der Waals surface area contributed by atoms with Crippen LogP contribution in [0.15, 0.2) is 23.1 Å².